The van der Waals surface area contributed by atoms with Gasteiger partial charge in [-0.15, -0.1) is 0 Å². The highest BCUT2D eigenvalue weighted by Gasteiger charge is 2.06. The van der Waals surface area contributed by atoms with E-state index >= 15 is 0 Å². The van der Waals surface area contributed by atoms with Crippen LogP contribution in [0.25, 0.3) is 0 Å². The summed E-state index contributed by atoms with van der Waals surface area (Å²) in [6.45, 7) is 3.45. The van der Waals surface area contributed by atoms with Crippen molar-refractivity contribution in [2.24, 2.45) is 0 Å². The van der Waals surface area contributed by atoms with Gasteiger partial charge in [0.25, 0.3) is 0 Å². The molecule has 1 aromatic carbocycles. The first kappa shape index (κ1) is 16.0. The minimum Gasteiger partial charge on any atom is -0.383 e. The summed E-state index contributed by atoms with van der Waals surface area (Å²) in [6.07, 6.45) is 0.864. The summed E-state index contributed by atoms with van der Waals surface area (Å²) >= 11 is 5.83. The quantitative estimate of drug-likeness (QED) is 0.714. The van der Waals surface area contributed by atoms with Crippen molar-refractivity contribution in [3.8, 4) is 0 Å². The molecule has 1 amide bonds. The lowest BCUT2D eigenvalue weighted by Crippen LogP contribution is -2.39. The Hall–Kier alpha value is -1.10. The van der Waals surface area contributed by atoms with Crippen molar-refractivity contribution in [1.29, 1.82) is 0 Å². The van der Waals surface area contributed by atoms with Crippen molar-refractivity contribution in [2.45, 2.75) is 19.4 Å². The van der Waals surface area contributed by atoms with Gasteiger partial charge in [0.15, 0.2) is 0 Å². The first-order valence-electron chi connectivity index (χ1n) is 6.35. The van der Waals surface area contributed by atoms with Crippen molar-refractivity contribution in [1.82, 2.24) is 10.6 Å². The fourth-order valence-electron chi connectivity index (χ4n) is 1.67. The van der Waals surface area contributed by atoms with Crippen LogP contribution in [0.5, 0.6) is 0 Å². The molecule has 0 radical (unpaired) electrons. The Morgan fingerprint density at radius 1 is 1.37 bits per heavy atom. The third kappa shape index (κ3) is 7.15. The van der Waals surface area contributed by atoms with Gasteiger partial charge in [-0.1, -0.05) is 23.7 Å². The van der Waals surface area contributed by atoms with Gasteiger partial charge >= 0.3 is 0 Å². The van der Waals surface area contributed by atoms with Crippen LogP contribution in [0.4, 0.5) is 0 Å². The van der Waals surface area contributed by atoms with E-state index in [1.165, 1.54) is 5.56 Å². The van der Waals surface area contributed by atoms with Gasteiger partial charge in [0.2, 0.25) is 5.91 Å². The average Bonchev–Trinajstić information content (AvgIpc) is 2.39. The van der Waals surface area contributed by atoms with Crippen molar-refractivity contribution in [2.75, 3.05) is 26.8 Å². The zero-order chi connectivity index (χ0) is 14.1. The van der Waals surface area contributed by atoms with E-state index in [2.05, 4.69) is 17.6 Å². The molecular weight excluding hydrogens is 264 g/mol. The molecule has 0 saturated carbocycles. The summed E-state index contributed by atoms with van der Waals surface area (Å²) in [5, 5.41) is 6.69. The number of rotatable bonds is 8. The monoisotopic (exact) mass is 284 g/mol. The number of hydrogen-bond donors (Lipinski definition) is 2. The summed E-state index contributed by atoms with van der Waals surface area (Å²) in [5.41, 5.74) is 1.20. The number of halogens is 1. The largest absolute Gasteiger partial charge is 0.383 e. The van der Waals surface area contributed by atoms with Crippen LogP contribution in [0.1, 0.15) is 12.5 Å². The van der Waals surface area contributed by atoms with Gasteiger partial charge in [-0.25, -0.2) is 0 Å². The molecule has 5 heteroatoms. The smallest absolute Gasteiger partial charge is 0.234 e. The molecule has 0 heterocycles. The molecule has 2 N–H and O–H groups in total. The highest BCUT2D eigenvalue weighted by molar-refractivity contribution is 6.30. The maximum Gasteiger partial charge on any atom is 0.234 e. The van der Waals surface area contributed by atoms with Crippen molar-refractivity contribution < 1.29 is 9.53 Å². The molecule has 0 fully saturated rings. The van der Waals surface area contributed by atoms with E-state index in [0.29, 0.717) is 19.7 Å². The average molecular weight is 285 g/mol. The van der Waals surface area contributed by atoms with Gasteiger partial charge in [-0.2, -0.15) is 0 Å². The summed E-state index contributed by atoms with van der Waals surface area (Å²) in [4.78, 5) is 11.5. The first-order chi connectivity index (χ1) is 9.11. The van der Waals surface area contributed by atoms with Crippen LogP contribution < -0.4 is 10.6 Å². The highest BCUT2D eigenvalue weighted by Crippen LogP contribution is 2.10. The number of carbonyl (C=O) groups is 1. The van der Waals surface area contributed by atoms with Gasteiger partial charge in [-0.3, -0.25) is 4.79 Å². The molecule has 4 nitrogen and oxygen atoms in total. The molecule has 0 aliphatic carbocycles. The second-order valence-corrected chi connectivity index (χ2v) is 4.89. The minimum absolute atomic E-state index is 0.0139. The molecule has 106 valence electrons. The molecule has 1 aromatic rings. The third-order valence-electron chi connectivity index (χ3n) is 2.69. The standard InChI is InChI=1S/C14H21ClN2O2/c1-11(9-12-3-5-13(15)6-4-12)17-10-14(18)16-7-8-19-2/h3-6,11,17H,7-10H2,1-2H3,(H,16,18). The molecule has 0 spiro atoms. The predicted molar refractivity (Wildman–Crippen MR) is 77.5 cm³/mol. The van der Waals surface area contributed by atoms with Crippen molar-refractivity contribution in [3.05, 3.63) is 34.9 Å². The van der Waals surface area contributed by atoms with Crippen LogP contribution in [0, 0.1) is 0 Å². The van der Waals surface area contributed by atoms with Gasteiger partial charge in [-0.05, 0) is 31.0 Å². The Labute approximate surface area is 119 Å². The summed E-state index contributed by atoms with van der Waals surface area (Å²) in [7, 11) is 1.61. The van der Waals surface area contributed by atoms with Crippen LogP contribution in [-0.4, -0.2) is 38.8 Å². The zero-order valence-electron chi connectivity index (χ0n) is 11.4. The number of nitrogens with one attached hydrogen (secondary N) is 2. The molecule has 0 aliphatic heterocycles. The fraction of sp³-hybridized carbons (Fsp3) is 0.500. The lowest BCUT2D eigenvalue weighted by molar-refractivity contribution is -0.120. The number of benzene rings is 1. The zero-order valence-corrected chi connectivity index (χ0v) is 12.2. The Kier molecular flexibility index (Phi) is 7.48. The molecule has 0 bridgehead atoms. The van der Waals surface area contributed by atoms with Crippen LogP contribution in [-0.2, 0) is 16.0 Å². The van der Waals surface area contributed by atoms with Crippen LogP contribution in [0.15, 0.2) is 24.3 Å². The van der Waals surface area contributed by atoms with Gasteiger partial charge < -0.3 is 15.4 Å². The van der Waals surface area contributed by atoms with E-state index in [0.717, 1.165) is 11.4 Å². The molecule has 0 aromatic heterocycles. The number of hydrogen-bond acceptors (Lipinski definition) is 3. The molecule has 1 rings (SSSR count). The Bertz CT molecular complexity index is 382. The molecule has 1 unspecified atom stereocenters. The molecule has 0 aliphatic rings. The summed E-state index contributed by atoms with van der Waals surface area (Å²) < 4.78 is 4.86. The number of amides is 1. The maximum absolute atomic E-state index is 11.5. The fourth-order valence-corrected chi connectivity index (χ4v) is 1.79. The van der Waals surface area contributed by atoms with Crippen LogP contribution in [0.2, 0.25) is 5.02 Å². The molecule has 1 atom stereocenters. The number of carbonyl (C=O) groups excluding carboxylic acids is 1. The van der Waals surface area contributed by atoms with E-state index in [1.807, 2.05) is 24.3 Å². The predicted octanol–water partition coefficient (Wildman–Crippen LogP) is 1.62. The Morgan fingerprint density at radius 3 is 2.68 bits per heavy atom. The van der Waals surface area contributed by atoms with E-state index in [4.69, 9.17) is 16.3 Å². The Balaban J connectivity index is 2.22. The number of ether oxygens (including phenoxy) is 1. The second kappa shape index (κ2) is 8.91. The third-order valence-corrected chi connectivity index (χ3v) is 2.95. The van der Waals surface area contributed by atoms with Crippen molar-refractivity contribution in [3.63, 3.8) is 0 Å². The van der Waals surface area contributed by atoms with Crippen LogP contribution in [0.3, 0.4) is 0 Å². The molecule has 0 saturated heterocycles. The molecule has 19 heavy (non-hydrogen) atoms. The van der Waals surface area contributed by atoms with Gasteiger partial charge in [0, 0.05) is 24.7 Å². The van der Waals surface area contributed by atoms with Gasteiger partial charge in [0.1, 0.15) is 0 Å². The highest BCUT2D eigenvalue weighted by atomic mass is 35.5. The number of methoxy groups -OCH3 is 1. The second-order valence-electron chi connectivity index (χ2n) is 4.46. The Morgan fingerprint density at radius 2 is 2.05 bits per heavy atom. The normalized spacial score (nSPS) is 12.2. The van der Waals surface area contributed by atoms with Crippen molar-refractivity contribution >= 4 is 17.5 Å². The minimum atomic E-state index is -0.0139. The topological polar surface area (TPSA) is 50.4 Å². The first-order valence-corrected chi connectivity index (χ1v) is 6.73. The summed E-state index contributed by atoms with van der Waals surface area (Å²) in [5.74, 6) is -0.0139. The molecular formula is C14H21ClN2O2. The summed E-state index contributed by atoms with van der Waals surface area (Å²) in [6, 6.07) is 7.98. The van der Waals surface area contributed by atoms with Crippen LogP contribution >= 0.6 is 11.6 Å². The SMILES string of the molecule is COCCNC(=O)CNC(C)Cc1ccc(Cl)cc1. The van der Waals surface area contributed by atoms with Gasteiger partial charge in [0.05, 0.1) is 13.2 Å². The van der Waals surface area contributed by atoms with E-state index < -0.39 is 0 Å². The lowest BCUT2D eigenvalue weighted by Gasteiger charge is -2.14. The van der Waals surface area contributed by atoms with E-state index in [-0.39, 0.29) is 11.9 Å². The van der Waals surface area contributed by atoms with E-state index in [1.54, 1.807) is 7.11 Å². The lowest BCUT2D eigenvalue weighted by atomic mass is 10.1. The maximum atomic E-state index is 11.5. The van der Waals surface area contributed by atoms with E-state index in [9.17, 15) is 4.79 Å².